The van der Waals surface area contributed by atoms with Crippen molar-refractivity contribution in [2.24, 2.45) is 4.99 Å². The Bertz CT molecular complexity index is 632. The molecule has 1 unspecified atom stereocenters. The van der Waals surface area contributed by atoms with Crippen molar-refractivity contribution in [3.8, 4) is 0 Å². The molecule has 2 N–H and O–H groups in total. The minimum absolute atomic E-state index is 0. The highest BCUT2D eigenvalue weighted by molar-refractivity contribution is 14.0. The van der Waals surface area contributed by atoms with Crippen LogP contribution in [-0.4, -0.2) is 70.4 Å². The largest absolute Gasteiger partial charge is 0.379 e. The number of guanidine groups is 1. The summed E-state index contributed by atoms with van der Waals surface area (Å²) in [5.41, 5.74) is 1.28. The zero-order valence-corrected chi connectivity index (χ0v) is 19.3. The van der Waals surface area contributed by atoms with E-state index in [4.69, 9.17) is 4.74 Å². The van der Waals surface area contributed by atoms with E-state index in [0.29, 0.717) is 51.3 Å². The molecule has 2 heterocycles. The number of thiophene rings is 1. The lowest BCUT2D eigenvalue weighted by atomic mass is 10.1. The summed E-state index contributed by atoms with van der Waals surface area (Å²) in [5.74, 6) is 1.04. The Morgan fingerprint density at radius 3 is 2.73 bits per heavy atom. The van der Waals surface area contributed by atoms with E-state index >= 15 is 0 Å². The summed E-state index contributed by atoms with van der Waals surface area (Å²) in [5, 5.41) is 10.5. The molecule has 1 saturated heterocycles. The van der Waals surface area contributed by atoms with Gasteiger partial charge in [-0.2, -0.15) is 15.6 Å². The third-order valence-electron chi connectivity index (χ3n) is 4.00. The average Bonchev–Trinajstić information content (AvgIpc) is 3.15. The van der Waals surface area contributed by atoms with Crippen molar-refractivity contribution in [3.05, 3.63) is 22.4 Å². The molecule has 1 atom stereocenters. The van der Waals surface area contributed by atoms with Crippen molar-refractivity contribution < 1.29 is 13.2 Å². The quantitative estimate of drug-likeness (QED) is 0.312. The lowest BCUT2D eigenvalue weighted by Gasteiger charge is -2.26. The van der Waals surface area contributed by atoms with E-state index in [0.717, 1.165) is 6.54 Å². The van der Waals surface area contributed by atoms with Gasteiger partial charge >= 0.3 is 0 Å². The molecular formula is C16H29IN4O3S2. The van der Waals surface area contributed by atoms with Crippen LogP contribution < -0.4 is 10.6 Å². The molecule has 0 amide bonds. The lowest BCUT2D eigenvalue weighted by molar-refractivity contribution is 0.0730. The molecule has 0 bridgehead atoms. The minimum Gasteiger partial charge on any atom is -0.379 e. The van der Waals surface area contributed by atoms with Crippen LogP contribution in [0.1, 0.15) is 25.3 Å². The third kappa shape index (κ3) is 7.67. The molecule has 26 heavy (non-hydrogen) atoms. The smallest absolute Gasteiger partial charge is 0.215 e. The Labute approximate surface area is 177 Å². The molecule has 1 aromatic heterocycles. The van der Waals surface area contributed by atoms with Crippen LogP contribution in [0, 0.1) is 0 Å². The van der Waals surface area contributed by atoms with E-state index in [1.807, 2.05) is 6.92 Å². The van der Waals surface area contributed by atoms with E-state index in [1.165, 1.54) is 9.87 Å². The minimum atomic E-state index is -3.25. The molecule has 7 nitrogen and oxygen atoms in total. The van der Waals surface area contributed by atoms with Crippen LogP contribution in [0.15, 0.2) is 21.8 Å². The van der Waals surface area contributed by atoms with Gasteiger partial charge in [0.05, 0.1) is 19.0 Å². The van der Waals surface area contributed by atoms with E-state index in [9.17, 15) is 8.42 Å². The van der Waals surface area contributed by atoms with Gasteiger partial charge in [0, 0.05) is 38.6 Å². The van der Waals surface area contributed by atoms with Crippen LogP contribution in [0.2, 0.25) is 0 Å². The second-order valence-electron chi connectivity index (χ2n) is 5.93. The summed E-state index contributed by atoms with van der Waals surface area (Å²) in [6, 6.07) is 2.11. The number of ether oxygens (including phenoxy) is 1. The van der Waals surface area contributed by atoms with Crippen LogP contribution in [0.4, 0.5) is 0 Å². The fraction of sp³-hybridized carbons (Fsp3) is 0.688. The topological polar surface area (TPSA) is 83.0 Å². The van der Waals surface area contributed by atoms with Gasteiger partial charge in [-0.05, 0) is 29.3 Å². The van der Waals surface area contributed by atoms with Crippen molar-refractivity contribution in [1.29, 1.82) is 0 Å². The summed E-state index contributed by atoms with van der Waals surface area (Å²) in [7, 11) is -3.25. The van der Waals surface area contributed by atoms with Gasteiger partial charge < -0.3 is 15.4 Å². The summed E-state index contributed by atoms with van der Waals surface area (Å²) in [4.78, 5) is 4.57. The second-order valence-corrected chi connectivity index (χ2v) is 8.80. The average molecular weight is 516 g/mol. The van der Waals surface area contributed by atoms with Gasteiger partial charge in [0.25, 0.3) is 0 Å². The Hall–Kier alpha value is -0.430. The Morgan fingerprint density at radius 1 is 1.38 bits per heavy atom. The van der Waals surface area contributed by atoms with Crippen LogP contribution in [0.25, 0.3) is 0 Å². The van der Waals surface area contributed by atoms with Crippen molar-refractivity contribution in [2.75, 3.05) is 51.7 Å². The van der Waals surface area contributed by atoms with Gasteiger partial charge in [0.2, 0.25) is 10.0 Å². The SMILES string of the molecule is CCNC(=NCC(C)c1ccsc1)NCCS(=O)(=O)N1CCOCC1.I. The highest BCUT2D eigenvalue weighted by Crippen LogP contribution is 2.18. The third-order valence-corrected chi connectivity index (χ3v) is 6.57. The van der Waals surface area contributed by atoms with Gasteiger partial charge in [-0.15, -0.1) is 24.0 Å². The van der Waals surface area contributed by atoms with Gasteiger partial charge in [0.15, 0.2) is 5.96 Å². The molecule has 0 spiro atoms. The molecule has 1 fully saturated rings. The highest BCUT2D eigenvalue weighted by Gasteiger charge is 2.23. The van der Waals surface area contributed by atoms with Crippen LogP contribution >= 0.6 is 35.3 Å². The van der Waals surface area contributed by atoms with Gasteiger partial charge in [-0.3, -0.25) is 4.99 Å². The molecule has 0 radical (unpaired) electrons. The van der Waals surface area contributed by atoms with Crippen molar-refractivity contribution in [3.63, 3.8) is 0 Å². The summed E-state index contributed by atoms with van der Waals surface area (Å²) >= 11 is 1.68. The highest BCUT2D eigenvalue weighted by atomic mass is 127. The fourth-order valence-corrected chi connectivity index (χ4v) is 4.59. The molecule has 0 saturated carbocycles. The normalized spacial score (nSPS) is 17.4. The fourth-order valence-electron chi connectivity index (χ4n) is 2.48. The molecule has 1 aliphatic heterocycles. The van der Waals surface area contributed by atoms with Crippen molar-refractivity contribution in [2.45, 2.75) is 19.8 Å². The first-order valence-corrected chi connectivity index (χ1v) is 11.2. The molecular weight excluding hydrogens is 487 g/mol. The maximum absolute atomic E-state index is 12.3. The zero-order valence-electron chi connectivity index (χ0n) is 15.3. The number of aliphatic imine (C=N–C) groups is 1. The van der Waals surface area contributed by atoms with Crippen LogP contribution in [0.3, 0.4) is 0 Å². The zero-order chi connectivity index (χ0) is 18.1. The molecule has 2 rings (SSSR count). The number of nitrogens with one attached hydrogen (secondary N) is 2. The van der Waals surface area contributed by atoms with Gasteiger partial charge in [-0.25, -0.2) is 8.42 Å². The number of rotatable bonds is 8. The first kappa shape index (κ1) is 23.6. The summed E-state index contributed by atoms with van der Waals surface area (Å²) in [6.07, 6.45) is 0. The predicted octanol–water partition coefficient (Wildman–Crippen LogP) is 1.69. The maximum atomic E-state index is 12.3. The molecule has 1 aliphatic rings. The molecule has 0 aliphatic carbocycles. The van der Waals surface area contributed by atoms with Crippen LogP contribution in [-0.2, 0) is 14.8 Å². The Balaban J connectivity index is 0.00000338. The molecule has 10 heteroatoms. The molecule has 150 valence electrons. The Morgan fingerprint density at radius 2 is 2.12 bits per heavy atom. The van der Waals surface area contributed by atoms with Gasteiger partial charge in [-0.1, -0.05) is 6.92 Å². The van der Waals surface area contributed by atoms with E-state index in [-0.39, 0.29) is 29.7 Å². The predicted molar refractivity (Wildman–Crippen MR) is 118 cm³/mol. The first-order chi connectivity index (χ1) is 12.0. The Kier molecular flexibility index (Phi) is 11.0. The van der Waals surface area contributed by atoms with Gasteiger partial charge in [0.1, 0.15) is 0 Å². The summed E-state index contributed by atoms with van der Waals surface area (Å²) < 4.78 is 31.3. The molecule has 0 aromatic carbocycles. The van der Waals surface area contributed by atoms with Crippen LogP contribution in [0.5, 0.6) is 0 Å². The standard InChI is InChI=1S/C16H28N4O3S2.HI/c1-3-17-16(19-12-14(2)15-4-10-24-13-15)18-5-11-25(21,22)20-6-8-23-9-7-20;/h4,10,13-14H,3,5-9,11-12H2,1-2H3,(H2,17,18,19);1H. The number of sulfonamides is 1. The van der Waals surface area contributed by atoms with E-state index in [2.05, 4.69) is 39.4 Å². The molecule has 1 aromatic rings. The monoisotopic (exact) mass is 516 g/mol. The van der Waals surface area contributed by atoms with Crippen molar-refractivity contribution in [1.82, 2.24) is 14.9 Å². The maximum Gasteiger partial charge on any atom is 0.215 e. The first-order valence-electron chi connectivity index (χ1n) is 8.62. The number of hydrogen-bond donors (Lipinski definition) is 2. The van der Waals surface area contributed by atoms with Crippen molar-refractivity contribution >= 4 is 51.3 Å². The number of halogens is 1. The lowest BCUT2D eigenvalue weighted by Crippen LogP contribution is -2.45. The number of hydrogen-bond acceptors (Lipinski definition) is 5. The van der Waals surface area contributed by atoms with E-state index < -0.39 is 10.0 Å². The number of nitrogens with zero attached hydrogens (tertiary/aromatic N) is 2. The van der Waals surface area contributed by atoms with E-state index in [1.54, 1.807) is 11.3 Å². The summed E-state index contributed by atoms with van der Waals surface area (Å²) in [6.45, 7) is 7.66. The number of morpholine rings is 1. The second kappa shape index (κ2) is 12.1.